The normalized spacial score (nSPS) is 18.1. The third-order valence-corrected chi connectivity index (χ3v) is 4.98. The molecule has 0 radical (unpaired) electrons. The van der Waals surface area contributed by atoms with E-state index in [1.165, 1.54) is 0 Å². The number of carbonyl (C=O) groups excluding carboxylic acids is 1. The minimum Gasteiger partial charge on any atom is -0.378 e. The molecule has 3 aromatic rings. The van der Waals surface area contributed by atoms with E-state index >= 15 is 0 Å². The predicted molar refractivity (Wildman–Crippen MR) is 101 cm³/mol. The molecule has 0 saturated carbocycles. The topological polar surface area (TPSA) is 101 Å². The Labute approximate surface area is 160 Å². The summed E-state index contributed by atoms with van der Waals surface area (Å²) >= 11 is 0. The third-order valence-electron chi connectivity index (χ3n) is 4.98. The zero-order chi connectivity index (χ0) is 18.9. The Balaban J connectivity index is 1.46. The van der Waals surface area contributed by atoms with Gasteiger partial charge >= 0.3 is 0 Å². The van der Waals surface area contributed by atoms with Crippen molar-refractivity contribution in [3.63, 3.8) is 0 Å². The maximum absolute atomic E-state index is 12.8. The summed E-state index contributed by atoms with van der Waals surface area (Å²) in [7, 11) is 0. The standard InChI is InChI=1S/C18H19N7O3/c26-14-12-24(6-7-25(14)13-4-2-1-3-5-13)18-17(23-8-10-27-11-9-23)19-15-16(20-18)22-28-21-15/h1-5H,6-12H2. The van der Waals surface area contributed by atoms with E-state index in [1.54, 1.807) is 4.90 Å². The second kappa shape index (κ2) is 7.04. The van der Waals surface area contributed by atoms with Crippen molar-refractivity contribution in [1.82, 2.24) is 20.3 Å². The number of ether oxygens (including phenoxy) is 1. The van der Waals surface area contributed by atoms with Crippen LogP contribution in [0.3, 0.4) is 0 Å². The number of amides is 1. The van der Waals surface area contributed by atoms with E-state index in [2.05, 4.69) is 25.2 Å². The number of rotatable bonds is 3. The highest BCUT2D eigenvalue weighted by Gasteiger charge is 2.30. The van der Waals surface area contributed by atoms with E-state index in [-0.39, 0.29) is 12.5 Å². The molecule has 2 aliphatic rings. The molecule has 0 N–H and O–H groups in total. The van der Waals surface area contributed by atoms with Gasteiger partial charge in [-0.3, -0.25) is 4.79 Å². The van der Waals surface area contributed by atoms with Gasteiger partial charge in [-0.2, -0.15) is 0 Å². The van der Waals surface area contributed by atoms with Gasteiger partial charge in [-0.25, -0.2) is 14.6 Å². The number of hydrogen-bond donors (Lipinski definition) is 0. The van der Waals surface area contributed by atoms with Crippen molar-refractivity contribution in [3.05, 3.63) is 30.3 Å². The van der Waals surface area contributed by atoms with Crippen LogP contribution in [0.2, 0.25) is 0 Å². The average Bonchev–Trinajstić information content (AvgIpc) is 3.21. The molecule has 4 heterocycles. The molecule has 2 aliphatic heterocycles. The highest BCUT2D eigenvalue weighted by Crippen LogP contribution is 2.29. The van der Waals surface area contributed by atoms with Crippen LogP contribution in [0.4, 0.5) is 17.3 Å². The Morgan fingerprint density at radius 2 is 1.50 bits per heavy atom. The lowest BCUT2D eigenvalue weighted by Gasteiger charge is -2.37. The number of carbonyl (C=O) groups is 1. The van der Waals surface area contributed by atoms with Gasteiger partial charge in [0.15, 0.2) is 11.6 Å². The van der Waals surface area contributed by atoms with Crippen LogP contribution in [-0.2, 0) is 9.53 Å². The molecule has 144 valence electrons. The molecular formula is C18H19N7O3. The fourth-order valence-corrected chi connectivity index (χ4v) is 3.56. The maximum atomic E-state index is 12.8. The smallest absolute Gasteiger partial charge is 0.246 e. The van der Waals surface area contributed by atoms with Gasteiger partial charge in [0.25, 0.3) is 0 Å². The summed E-state index contributed by atoms with van der Waals surface area (Å²) in [5.74, 6) is 1.34. The SMILES string of the molecule is O=C1CN(c2nc3nonc3nc2N2CCOCC2)CCN1c1ccccc1. The highest BCUT2D eigenvalue weighted by atomic mass is 16.6. The molecule has 0 atom stereocenters. The quantitative estimate of drug-likeness (QED) is 0.649. The van der Waals surface area contributed by atoms with Crippen molar-refractivity contribution >= 4 is 34.5 Å². The molecule has 10 nitrogen and oxygen atoms in total. The van der Waals surface area contributed by atoms with E-state index in [1.807, 2.05) is 35.2 Å². The molecule has 2 saturated heterocycles. The highest BCUT2D eigenvalue weighted by molar-refractivity contribution is 5.98. The Morgan fingerprint density at radius 3 is 2.18 bits per heavy atom. The van der Waals surface area contributed by atoms with Gasteiger partial charge in [-0.1, -0.05) is 18.2 Å². The molecule has 0 spiro atoms. The van der Waals surface area contributed by atoms with Crippen LogP contribution in [-0.4, -0.2) is 72.1 Å². The van der Waals surface area contributed by atoms with Gasteiger partial charge in [0.1, 0.15) is 0 Å². The molecule has 0 aliphatic carbocycles. The van der Waals surface area contributed by atoms with Crippen LogP contribution < -0.4 is 14.7 Å². The van der Waals surface area contributed by atoms with Crippen LogP contribution in [0.1, 0.15) is 0 Å². The van der Waals surface area contributed by atoms with Crippen LogP contribution in [0.25, 0.3) is 11.3 Å². The number of aromatic nitrogens is 4. The lowest BCUT2D eigenvalue weighted by molar-refractivity contribution is -0.117. The van der Waals surface area contributed by atoms with Crippen LogP contribution in [0.15, 0.2) is 35.0 Å². The first-order valence-electron chi connectivity index (χ1n) is 9.23. The Hall–Kier alpha value is -3.27. The largest absolute Gasteiger partial charge is 0.378 e. The summed E-state index contributed by atoms with van der Waals surface area (Å²) in [5, 5.41) is 7.63. The summed E-state index contributed by atoms with van der Waals surface area (Å²) < 4.78 is 10.2. The lowest BCUT2D eigenvalue weighted by Crippen LogP contribution is -2.51. The molecular weight excluding hydrogens is 362 g/mol. The first-order valence-corrected chi connectivity index (χ1v) is 9.23. The molecule has 0 bridgehead atoms. The van der Waals surface area contributed by atoms with Gasteiger partial charge in [0.2, 0.25) is 17.2 Å². The molecule has 1 amide bonds. The minimum atomic E-state index is 0.0190. The Kier molecular flexibility index (Phi) is 4.24. The van der Waals surface area contributed by atoms with Crippen molar-refractivity contribution in [1.29, 1.82) is 0 Å². The van der Waals surface area contributed by atoms with Gasteiger partial charge in [-0.15, -0.1) is 0 Å². The first-order chi connectivity index (χ1) is 13.8. The summed E-state index contributed by atoms with van der Waals surface area (Å²) in [5.41, 5.74) is 1.60. The number of anilines is 3. The zero-order valence-electron chi connectivity index (χ0n) is 15.2. The van der Waals surface area contributed by atoms with E-state index in [0.29, 0.717) is 62.3 Å². The molecule has 2 fully saturated rings. The molecule has 10 heteroatoms. The second-order valence-electron chi connectivity index (χ2n) is 6.68. The summed E-state index contributed by atoms with van der Waals surface area (Å²) in [4.78, 5) is 27.9. The van der Waals surface area contributed by atoms with Gasteiger partial charge in [-0.05, 0) is 22.4 Å². The third kappa shape index (κ3) is 3.01. The molecule has 1 aromatic carbocycles. The summed E-state index contributed by atoms with van der Waals surface area (Å²) in [6, 6.07) is 9.69. The fourth-order valence-electron chi connectivity index (χ4n) is 3.56. The van der Waals surface area contributed by atoms with Crippen molar-refractivity contribution < 1.29 is 14.2 Å². The maximum Gasteiger partial charge on any atom is 0.246 e. The number of hydrogen-bond acceptors (Lipinski definition) is 9. The first kappa shape index (κ1) is 16.9. The van der Waals surface area contributed by atoms with Crippen molar-refractivity contribution in [3.8, 4) is 0 Å². The summed E-state index contributed by atoms with van der Waals surface area (Å²) in [6.07, 6.45) is 0. The van der Waals surface area contributed by atoms with E-state index in [0.717, 1.165) is 5.69 Å². The average molecular weight is 381 g/mol. The molecule has 0 unspecified atom stereocenters. The van der Waals surface area contributed by atoms with Crippen LogP contribution in [0.5, 0.6) is 0 Å². The minimum absolute atomic E-state index is 0.0190. The number of para-hydroxylation sites is 1. The van der Waals surface area contributed by atoms with Crippen molar-refractivity contribution in [2.75, 3.05) is 60.6 Å². The number of piperazine rings is 1. The number of benzene rings is 1. The van der Waals surface area contributed by atoms with Gasteiger partial charge < -0.3 is 19.4 Å². The fraction of sp³-hybridized carbons (Fsp3) is 0.389. The molecule has 2 aromatic heterocycles. The van der Waals surface area contributed by atoms with E-state index < -0.39 is 0 Å². The van der Waals surface area contributed by atoms with E-state index in [9.17, 15) is 4.79 Å². The van der Waals surface area contributed by atoms with Gasteiger partial charge in [0.05, 0.1) is 19.8 Å². The molecule has 28 heavy (non-hydrogen) atoms. The summed E-state index contributed by atoms with van der Waals surface area (Å²) in [6.45, 7) is 4.09. The van der Waals surface area contributed by atoms with Gasteiger partial charge in [0, 0.05) is 31.9 Å². The number of nitrogens with zero attached hydrogens (tertiary/aromatic N) is 7. The van der Waals surface area contributed by atoms with Crippen molar-refractivity contribution in [2.24, 2.45) is 0 Å². The van der Waals surface area contributed by atoms with Crippen LogP contribution in [0, 0.1) is 0 Å². The monoisotopic (exact) mass is 381 g/mol. The predicted octanol–water partition coefficient (Wildman–Crippen LogP) is 0.703. The Bertz CT molecular complexity index is 987. The van der Waals surface area contributed by atoms with Crippen molar-refractivity contribution in [2.45, 2.75) is 0 Å². The Morgan fingerprint density at radius 1 is 0.821 bits per heavy atom. The van der Waals surface area contributed by atoms with E-state index in [4.69, 9.17) is 9.37 Å². The van der Waals surface area contributed by atoms with Crippen LogP contribution >= 0.6 is 0 Å². The number of morpholine rings is 1. The zero-order valence-corrected chi connectivity index (χ0v) is 15.2. The molecule has 5 rings (SSSR count). The number of fused-ring (bicyclic) bond motifs is 1. The lowest BCUT2D eigenvalue weighted by atomic mass is 10.2. The second-order valence-corrected chi connectivity index (χ2v) is 6.68.